The monoisotopic (exact) mass is 458 g/mol. The van der Waals surface area contributed by atoms with E-state index in [4.69, 9.17) is 18.9 Å². The first-order valence-corrected chi connectivity index (χ1v) is 11.8. The van der Waals surface area contributed by atoms with Gasteiger partial charge >= 0.3 is 0 Å². The summed E-state index contributed by atoms with van der Waals surface area (Å²) in [6.45, 7) is 5.43. The maximum absolute atomic E-state index is 11.6. The normalized spacial score (nSPS) is 28.1. The van der Waals surface area contributed by atoms with Crippen molar-refractivity contribution >= 4 is 6.29 Å². The van der Waals surface area contributed by atoms with Gasteiger partial charge in [-0.3, -0.25) is 4.79 Å². The minimum Gasteiger partial charge on any atom is -0.370 e. The van der Waals surface area contributed by atoms with E-state index in [1.807, 2.05) is 73.7 Å². The highest BCUT2D eigenvalue weighted by Gasteiger charge is 2.58. The van der Waals surface area contributed by atoms with Crippen molar-refractivity contribution in [3.05, 3.63) is 107 Å². The van der Waals surface area contributed by atoms with Crippen molar-refractivity contribution in [3.63, 3.8) is 0 Å². The summed E-state index contributed by atoms with van der Waals surface area (Å²) < 4.78 is 26.2. The molecule has 5 rings (SSSR count). The molecular weight excluding hydrogens is 428 g/mol. The second kappa shape index (κ2) is 9.80. The van der Waals surface area contributed by atoms with Crippen LogP contribution in [0.3, 0.4) is 0 Å². The Balaban J connectivity index is 1.52. The molecule has 0 bridgehead atoms. The predicted molar refractivity (Wildman–Crippen MR) is 128 cm³/mol. The Labute approximate surface area is 200 Å². The summed E-state index contributed by atoms with van der Waals surface area (Å²) in [7, 11) is 0. The number of ether oxygens (including phenoxy) is 4. The minimum atomic E-state index is -1.14. The summed E-state index contributed by atoms with van der Waals surface area (Å²) >= 11 is 0. The number of fused-ring (bicyclic) bond motifs is 2. The fourth-order valence-corrected chi connectivity index (χ4v) is 4.89. The van der Waals surface area contributed by atoms with Crippen LogP contribution in [0.1, 0.15) is 46.5 Å². The Morgan fingerprint density at radius 1 is 0.912 bits per heavy atom. The van der Waals surface area contributed by atoms with Gasteiger partial charge in [0.2, 0.25) is 5.79 Å². The van der Waals surface area contributed by atoms with Crippen LogP contribution < -0.4 is 0 Å². The molecule has 0 amide bonds. The highest BCUT2D eigenvalue weighted by atomic mass is 16.7. The summed E-state index contributed by atoms with van der Waals surface area (Å²) in [4.78, 5) is 11.6. The number of hydrogen-bond donors (Lipinski definition) is 0. The van der Waals surface area contributed by atoms with Crippen LogP contribution in [0.4, 0.5) is 0 Å². The van der Waals surface area contributed by atoms with E-state index in [0.29, 0.717) is 25.4 Å². The Kier molecular flexibility index (Phi) is 6.61. The van der Waals surface area contributed by atoms with E-state index < -0.39 is 11.9 Å². The van der Waals surface area contributed by atoms with Crippen LogP contribution in [0.25, 0.3) is 0 Å². The molecule has 1 spiro atoms. The molecule has 5 heteroatoms. The van der Waals surface area contributed by atoms with Gasteiger partial charge in [-0.25, -0.2) is 0 Å². The van der Waals surface area contributed by atoms with Crippen LogP contribution in [-0.4, -0.2) is 24.6 Å². The number of hydrogen-bond acceptors (Lipinski definition) is 5. The summed E-state index contributed by atoms with van der Waals surface area (Å²) in [6, 6.07) is 25.8. The lowest BCUT2D eigenvalue weighted by atomic mass is 9.83. The molecule has 0 radical (unpaired) electrons. The lowest BCUT2D eigenvalue weighted by molar-refractivity contribution is -0.369. The Bertz CT molecular complexity index is 1120. The maximum atomic E-state index is 11.6. The summed E-state index contributed by atoms with van der Waals surface area (Å²) in [5.41, 5.74) is 4.60. The molecule has 0 aromatic heterocycles. The molecule has 1 fully saturated rings. The van der Waals surface area contributed by atoms with Gasteiger partial charge in [0.1, 0.15) is 12.4 Å². The average Bonchev–Trinajstić information content (AvgIpc) is 3.23. The summed E-state index contributed by atoms with van der Waals surface area (Å²) in [5.74, 6) is -1.08. The molecule has 3 aromatic rings. The number of benzene rings is 3. The molecule has 0 aliphatic carbocycles. The Hall–Kier alpha value is -2.83. The first-order valence-electron chi connectivity index (χ1n) is 11.8. The van der Waals surface area contributed by atoms with E-state index in [9.17, 15) is 4.79 Å². The third kappa shape index (κ3) is 4.32. The number of carbonyl (C=O) groups excluding carboxylic acids is 1. The molecule has 5 nitrogen and oxygen atoms in total. The average molecular weight is 459 g/mol. The van der Waals surface area contributed by atoms with Crippen molar-refractivity contribution in [3.8, 4) is 0 Å². The molecule has 5 atom stereocenters. The fourth-order valence-electron chi connectivity index (χ4n) is 4.89. The van der Waals surface area contributed by atoms with Crippen LogP contribution in [0.2, 0.25) is 0 Å². The van der Waals surface area contributed by atoms with E-state index in [2.05, 4.69) is 19.1 Å². The lowest BCUT2D eigenvalue weighted by Gasteiger charge is -2.50. The second-order valence-electron chi connectivity index (χ2n) is 9.15. The van der Waals surface area contributed by atoms with Crippen LogP contribution in [-0.2, 0) is 44.6 Å². The number of carbonyl (C=O) groups is 1. The molecule has 34 heavy (non-hydrogen) atoms. The van der Waals surface area contributed by atoms with Crippen molar-refractivity contribution in [1.82, 2.24) is 0 Å². The zero-order valence-corrected chi connectivity index (χ0v) is 19.6. The van der Waals surface area contributed by atoms with E-state index >= 15 is 0 Å². The molecule has 0 N–H and O–H groups in total. The third-order valence-corrected chi connectivity index (χ3v) is 6.94. The van der Waals surface area contributed by atoms with Crippen molar-refractivity contribution in [2.24, 2.45) is 5.92 Å². The molecule has 1 saturated heterocycles. The van der Waals surface area contributed by atoms with Crippen LogP contribution >= 0.6 is 0 Å². The maximum Gasteiger partial charge on any atom is 0.225 e. The second-order valence-corrected chi connectivity index (χ2v) is 9.15. The molecule has 2 heterocycles. The lowest BCUT2D eigenvalue weighted by Crippen LogP contribution is -2.60. The van der Waals surface area contributed by atoms with Gasteiger partial charge in [-0.1, -0.05) is 79.7 Å². The van der Waals surface area contributed by atoms with Gasteiger partial charge in [0.15, 0.2) is 0 Å². The van der Waals surface area contributed by atoms with Crippen molar-refractivity contribution in [2.75, 3.05) is 0 Å². The van der Waals surface area contributed by atoms with Gasteiger partial charge in [0.25, 0.3) is 0 Å². The predicted octanol–water partition coefficient (Wildman–Crippen LogP) is 5.41. The number of rotatable bonds is 7. The summed E-state index contributed by atoms with van der Waals surface area (Å²) in [6.07, 6.45) is -0.0859. The van der Waals surface area contributed by atoms with Gasteiger partial charge in [-0.2, -0.15) is 0 Å². The molecule has 2 aliphatic rings. The fraction of sp³-hybridized carbons (Fsp3) is 0.345. The Morgan fingerprint density at radius 2 is 1.56 bits per heavy atom. The molecule has 2 aliphatic heterocycles. The van der Waals surface area contributed by atoms with E-state index in [0.717, 1.165) is 28.5 Å². The van der Waals surface area contributed by atoms with Crippen LogP contribution in [0, 0.1) is 5.92 Å². The van der Waals surface area contributed by atoms with Crippen LogP contribution in [0.5, 0.6) is 0 Å². The topological polar surface area (TPSA) is 54.0 Å². The standard InChI is InChI=1S/C29H30O5/c1-20-21(2)34-29(26-15-24(16-30)13-14-25(26)19-33-29)28(32-18-23-11-7-4-8-12-23)27(20)31-17-22-9-5-3-6-10-22/h3-16,20-21,27-28H,17-19H2,1-2H3/t20-,21-,27+,28-,29+/m1/s1. The van der Waals surface area contributed by atoms with Gasteiger partial charge in [-0.05, 0) is 29.7 Å². The smallest absolute Gasteiger partial charge is 0.225 e. The molecule has 0 unspecified atom stereocenters. The van der Waals surface area contributed by atoms with Crippen LogP contribution in [0.15, 0.2) is 78.9 Å². The molecule has 176 valence electrons. The van der Waals surface area contributed by atoms with Gasteiger partial charge in [0.05, 0.1) is 32.0 Å². The Morgan fingerprint density at radius 3 is 2.21 bits per heavy atom. The highest BCUT2D eigenvalue weighted by molar-refractivity contribution is 5.75. The van der Waals surface area contributed by atoms with Crippen molar-refractivity contribution in [2.45, 2.75) is 57.8 Å². The number of aldehydes is 1. The van der Waals surface area contributed by atoms with Gasteiger partial charge in [0, 0.05) is 17.0 Å². The van der Waals surface area contributed by atoms with Gasteiger partial charge in [-0.15, -0.1) is 0 Å². The molecule has 0 saturated carbocycles. The molecule has 3 aromatic carbocycles. The van der Waals surface area contributed by atoms with Crippen molar-refractivity contribution in [1.29, 1.82) is 0 Å². The van der Waals surface area contributed by atoms with E-state index in [-0.39, 0.29) is 18.1 Å². The first-order chi connectivity index (χ1) is 16.6. The zero-order valence-electron chi connectivity index (χ0n) is 19.6. The van der Waals surface area contributed by atoms with Crippen molar-refractivity contribution < 1.29 is 23.7 Å². The largest absolute Gasteiger partial charge is 0.370 e. The zero-order chi connectivity index (χ0) is 23.5. The molecular formula is C29H30O5. The van der Waals surface area contributed by atoms with Gasteiger partial charge < -0.3 is 18.9 Å². The van der Waals surface area contributed by atoms with E-state index in [1.54, 1.807) is 0 Å². The van der Waals surface area contributed by atoms with E-state index in [1.165, 1.54) is 0 Å². The minimum absolute atomic E-state index is 0.0667. The highest BCUT2D eigenvalue weighted by Crippen LogP contribution is 2.49. The summed E-state index contributed by atoms with van der Waals surface area (Å²) in [5, 5.41) is 0. The quantitative estimate of drug-likeness (QED) is 0.443. The third-order valence-electron chi connectivity index (χ3n) is 6.94. The SMILES string of the molecule is C[C@H]1[C@H](OCc2ccccc2)[C@@H](OCc2ccccc2)[C@@]2(OCc3ccc(C=O)cc32)O[C@@H]1C. The first kappa shape index (κ1) is 22.9.